The van der Waals surface area contributed by atoms with Crippen molar-refractivity contribution in [1.82, 2.24) is 19.7 Å². The molecule has 1 amide bonds. The fourth-order valence-electron chi connectivity index (χ4n) is 3.41. The molecular formula is C22H20ClN5O4. The average Bonchev–Trinajstić information content (AvgIpc) is 3.15. The first kappa shape index (κ1) is 21.6. The second-order valence-corrected chi connectivity index (χ2v) is 7.63. The topological polar surface area (TPSA) is 113 Å². The summed E-state index contributed by atoms with van der Waals surface area (Å²) < 4.78 is 12.6. The van der Waals surface area contributed by atoms with Gasteiger partial charge < -0.3 is 14.4 Å². The minimum absolute atomic E-state index is 0.0108. The van der Waals surface area contributed by atoms with Gasteiger partial charge in [-0.3, -0.25) is 9.36 Å². The number of aromatic nitrogens is 3. The van der Waals surface area contributed by atoms with Crippen LogP contribution in [0.5, 0.6) is 5.75 Å². The largest absolute Gasteiger partial charge is 0.485 e. The third-order valence-corrected chi connectivity index (χ3v) is 5.55. The van der Waals surface area contributed by atoms with E-state index in [4.69, 9.17) is 21.1 Å². The minimum atomic E-state index is -0.351. The van der Waals surface area contributed by atoms with Crippen molar-refractivity contribution in [2.45, 2.75) is 6.61 Å². The van der Waals surface area contributed by atoms with Crippen molar-refractivity contribution in [2.75, 3.05) is 26.3 Å². The van der Waals surface area contributed by atoms with Gasteiger partial charge in [-0.1, -0.05) is 23.7 Å². The van der Waals surface area contributed by atoms with Gasteiger partial charge in [0.15, 0.2) is 5.82 Å². The van der Waals surface area contributed by atoms with Gasteiger partial charge in [0, 0.05) is 37.3 Å². The molecule has 0 aliphatic carbocycles. The van der Waals surface area contributed by atoms with Crippen LogP contribution in [-0.4, -0.2) is 51.9 Å². The van der Waals surface area contributed by atoms with E-state index in [0.717, 1.165) is 0 Å². The summed E-state index contributed by atoms with van der Waals surface area (Å²) >= 11 is 6.24. The van der Waals surface area contributed by atoms with Crippen LogP contribution in [0, 0.1) is 11.3 Å². The van der Waals surface area contributed by atoms with E-state index < -0.39 is 0 Å². The van der Waals surface area contributed by atoms with Crippen LogP contribution in [0.3, 0.4) is 0 Å². The first-order chi connectivity index (χ1) is 15.5. The zero-order valence-corrected chi connectivity index (χ0v) is 18.1. The highest BCUT2D eigenvalue weighted by atomic mass is 35.5. The Bertz CT molecular complexity index is 1250. The Morgan fingerprint density at radius 2 is 2.09 bits per heavy atom. The molecule has 4 rings (SSSR count). The molecule has 164 valence electrons. The first-order valence-electron chi connectivity index (χ1n) is 9.92. The van der Waals surface area contributed by atoms with Gasteiger partial charge >= 0.3 is 5.69 Å². The number of nitrogens with zero attached hydrogens (tertiary/aromatic N) is 4. The van der Waals surface area contributed by atoms with Crippen molar-refractivity contribution >= 4 is 17.5 Å². The SMILES string of the molecule is Cn1c(COc2cc(Cl)c(C#N)cc2-c2cccc(C(=O)N3CCOCC3)c2)n[nH]c1=O. The second kappa shape index (κ2) is 9.26. The van der Waals surface area contributed by atoms with Crippen molar-refractivity contribution in [3.05, 3.63) is 68.9 Å². The number of H-pyrrole nitrogens is 1. The van der Waals surface area contributed by atoms with E-state index in [9.17, 15) is 14.9 Å². The molecule has 0 unspecified atom stereocenters. The maximum Gasteiger partial charge on any atom is 0.343 e. The highest BCUT2D eigenvalue weighted by Crippen LogP contribution is 2.35. The standard InChI is InChI=1S/C22H20ClN5O4/c1-27-20(25-26-22(27)30)13-32-19-11-18(23)16(12-24)10-17(19)14-3-2-4-15(9-14)21(29)28-5-7-31-8-6-28/h2-4,9-11H,5-8,13H2,1H3,(H,26,30). The summed E-state index contributed by atoms with van der Waals surface area (Å²) in [5.41, 5.74) is 1.76. The van der Waals surface area contributed by atoms with Gasteiger partial charge in [0.2, 0.25) is 0 Å². The monoisotopic (exact) mass is 453 g/mol. The number of carbonyl (C=O) groups is 1. The van der Waals surface area contributed by atoms with Crippen LogP contribution < -0.4 is 10.4 Å². The first-order valence-corrected chi connectivity index (χ1v) is 10.3. The number of halogens is 1. The Morgan fingerprint density at radius 3 is 2.78 bits per heavy atom. The van der Waals surface area contributed by atoms with Gasteiger partial charge in [-0.05, 0) is 23.8 Å². The zero-order valence-electron chi connectivity index (χ0n) is 17.3. The molecule has 0 spiro atoms. The van der Waals surface area contributed by atoms with E-state index in [1.54, 1.807) is 42.3 Å². The lowest BCUT2D eigenvalue weighted by Crippen LogP contribution is -2.40. The molecular weight excluding hydrogens is 434 g/mol. The molecule has 2 aromatic carbocycles. The van der Waals surface area contributed by atoms with Gasteiger partial charge in [-0.15, -0.1) is 0 Å². The van der Waals surface area contributed by atoms with Crippen LogP contribution in [0.4, 0.5) is 0 Å². The average molecular weight is 454 g/mol. The molecule has 1 aromatic heterocycles. The molecule has 9 nitrogen and oxygen atoms in total. The number of benzene rings is 2. The highest BCUT2D eigenvalue weighted by molar-refractivity contribution is 6.32. The Hall–Kier alpha value is -3.61. The normalized spacial score (nSPS) is 13.6. The summed E-state index contributed by atoms with van der Waals surface area (Å²) in [4.78, 5) is 26.3. The van der Waals surface area contributed by atoms with Crippen LogP contribution in [0.2, 0.25) is 5.02 Å². The lowest BCUT2D eigenvalue weighted by atomic mass is 9.99. The number of ether oxygens (including phenoxy) is 2. The summed E-state index contributed by atoms with van der Waals surface area (Å²) in [6.45, 7) is 2.12. The number of morpholine rings is 1. The molecule has 0 bridgehead atoms. The van der Waals surface area contributed by atoms with Crippen LogP contribution in [-0.2, 0) is 18.4 Å². The van der Waals surface area contributed by atoms with Gasteiger partial charge in [0.25, 0.3) is 5.91 Å². The molecule has 3 aromatic rings. The number of hydrogen-bond acceptors (Lipinski definition) is 6. The second-order valence-electron chi connectivity index (χ2n) is 7.22. The van der Waals surface area contributed by atoms with Gasteiger partial charge in [0.1, 0.15) is 18.4 Å². The third-order valence-electron chi connectivity index (χ3n) is 5.24. The Labute approximate surface area is 188 Å². The summed E-state index contributed by atoms with van der Waals surface area (Å²) in [6.07, 6.45) is 0. The molecule has 1 aliphatic rings. The summed E-state index contributed by atoms with van der Waals surface area (Å²) in [5.74, 6) is 0.719. The Kier molecular flexibility index (Phi) is 6.25. The molecule has 1 saturated heterocycles. The van der Waals surface area contributed by atoms with Gasteiger partial charge in [0.05, 0.1) is 23.8 Å². The number of hydrogen-bond donors (Lipinski definition) is 1. The van der Waals surface area contributed by atoms with Gasteiger partial charge in [-0.2, -0.15) is 10.4 Å². The van der Waals surface area contributed by atoms with Crippen LogP contribution in [0.25, 0.3) is 11.1 Å². The molecule has 2 heterocycles. The van der Waals surface area contributed by atoms with E-state index in [0.29, 0.717) is 54.6 Å². The van der Waals surface area contributed by atoms with Crippen LogP contribution in [0.1, 0.15) is 21.7 Å². The molecule has 0 radical (unpaired) electrons. The van der Waals surface area contributed by atoms with Crippen molar-refractivity contribution < 1.29 is 14.3 Å². The van der Waals surface area contributed by atoms with E-state index >= 15 is 0 Å². The van der Waals surface area contributed by atoms with Crippen molar-refractivity contribution in [3.63, 3.8) is 0 Å². The predicted molar refractivity (Wildman–Crippen MR) is 116 cm³/mol. The number of nitrogens with one attached hydrogen (secondary N) is 1. The molecule has 1 N–H and O–H groups in total. The Morgan fingerprint density at radius 1 is 1.31 bits per heavy atom. The van der Waals surface area contributed by atoms with E-state index in [1.165, 1.54) is 4.57 Å². The quantitative estimate of drug-likeness (QED) is 0.634. The Balaban J connectivity index is 1.68. The third kappa shape index (κ3) is 4.37. The zero-order chi connectivity index (χ0) is 22.7. The van der Waals surface area contributed by atoms with Crippen molar-refractivity contribution in [3.8, 4) is 22.9 Å². The van der Waals surface area contributed by atoms with E-state index in [-0.39, 0.29) is 28.8 Å². The minimum Gasteiger partial charge on any atom is -0.485 e. The number of nitriles is 1. The maximum atomic E-state index is 12.9. The van der Waals surface area contributed by atoms with Gasteiger partial charge in [-0.25, -0.2) is 9.89 Å². The molecule has 0 saturated carbocycles. The van der Waals surface area contributed by atoms with E-state index in [1.807, 2.05) is 6.07 Å². The summed E-state index contributed by atoms with van der Waals surface area (Å²) in [7, 11) is 1.58. The summed E-state index contributed by atoms with van der Waals surface area (Å²) in [6, 6.07) is 12.4. The van der Waals surface area contributed by atoms with Crippen LogP contribution >= 0.6 is 11.6 Å². The fraction of sp³-hybridized carbons (Fsp3) is 0.273. The highest BCUT2D eigenvalue weighted by Gasteiger charge is 2.20. The smallest absolute Gasteiger partial charge is 0.343 e. The molecule has 1 fully saturated rings. The number of carbonyl (C=O) groups excluding carboxylic acids is 1. The molecule has 32 heavy (non-hydrogen) atoms. The number of amides is 1. The lowest BCUT2D eigenvalue weighted by molar-refractivity contribution is 0.0303. The van der Waals surface area contributed by atoms with Crippen LogP contribution in [0.15, 0.2) is 41.2 Å². The van der Waals surface area contributed by atoms with E-state index in [2.05, 4.69) is 16.3 Å². The molecule has 1 aliphatic heterocycles. The molecule has 0 atom stereocenters. The van der Waals surface area contributed by atoms with Crippen molar-refractivity contribution in [1.29, 1.82) is 5.26 Å². The number of aromatic amines is 1. The fourth-order valence-corrected chi connectivity index (χ4v) is 3.60. The maximum absolute atomic E-state index is 12.9. The number of rotatable bonds is 5. The molecule has 10 heteroatoms. The lowest BCUT2D eigenvalue weighted by Gasteiger charge is -2.27. The summed E-state index contributed by atoms with van der Waals surface area (Å²) in [5, 5.41) is 16.0. The van der Waals surface area contributed by atoms with Crippen molar-refractivity contribution in [2.24, 2.45) is 7.05 Å². The predicted octanol–water partition coefficient (Wildman–Crippen LogP) is 2.35.